The lowest BCUT2D eigenvalue weighted by molar-refractivity contribution is -0.137. The first-order valence-electron chi connectivity index (χ1n) is 7.08. The molecule has 4 nitrogen and oxygen atoms in total. The van der Waals surface area contributed by atoms with E-state index in [0.717, 1.165) is 36.4 Å². The van der Waals surface area contributed by atoms with E-state index in [9.17, 15) is 35.2 Å². The fraction of sp³-hybridized carbons (Fsp3) is 0.188. The molecule has 0 radical (unpaired) electrons. The zero-order valence-corrected chi connectivity index (χ0v) is 13.7. The van der Waals surface area contributed by atoms with Crippen LogP contribution in [0.15, 0.2) is 53.4 Å². The standard InChI is InChI=1S/C16H12F5NO3S/c17-15(18)26(24,25)13-7-3-11(4-8-13)14(23)22-9-10-1-5-12(6-2-10)16(19,20)21/h1-8,15H,9H2,(H,22,23). The van der Waals surface area contributed by atoms with Crippen LogP contribution in [-0.2, 0) is 22.6 Å². The number of hydrogen-bond donors (Lipinski definition) is 1. The molecule has 2 aromatic carbocycles. The predicted octanol–water partition coefficient (Wildman–Crippen LogP) is 3.63. The van der Waals surface area contributed by atoms with Crippen molar-refractivity contribution in [3.05, 3.63) is 65.2 Å². The highest BCUT2D eigenvalue weighted by Gasteiger charge is 2.30. The molecule has 0 saturated heterocycles. The summed E-state index contributed by atoms with van der Waals surface area (Å²) in [6.45, 7) is -0.0615. The van der Waals surface area contributed by atoms with Crippen molar-refractivity contribution >= 4 is 15.7 Å². The molecule has 0 unspecified atom stereocenters. The third kappa shape index (κ3) is 4.57. The fourth-order valence-electron chi connectivity index (χ4n) is 1.99. The monoisotopic (exact) mass is 393 g/mol. The van der Waals surface area contributed by atoms with Crippen molar-refractivity contribution in [2.75, 3.05) is 0 Å². The average molecular weight is 393 g/mol. The topological polar surface area (TPSA) is 63.2 Å². The summed E-state index contributed by atoms with van der Waals surface area (Å²) in [6.07, 6.45) is -4.46. The van der Waals surface area contributed by atoms with Crippen LogP contribution in [0.5, 0.6) is 0 Å². The van der Waals surface area contributed by atoms with Gasteiger partial charge in [0.15, 0.2) is 0 Å². The van der Waals surface area contributed by atoms with Gasteiger partial charge < -0.3 is 5.32 Å². The van der Waals surface area contributed by atoms with Gasteiger partial charge in [-0.3, -0.25) is 4.79 Å². The maximum absolute atomic E-state index is 12.5. The summed E-state index contributed by atoms with van der Waals surface area (Å²) < 4.78 is 84.8. The minimum absolute atomic E-state index is 0.0186. The lowest BCUT2D eigenvalue weighted by Gasteiger charge is -2.09. The van der Waals surface area contributed by atoms with Gasteiger partial charge in [-0.05, 0) is 42.0 Å². The summed E-state index contributed by atoms with van der Waals surface area (Å²) >= 11 is 0. The molecule has 2 rings (SSSR count). The van der Waals surface area contributed by atoms with Crippen molar-refractivity contribution in [1.29, 1.82) is 0 Å². The molecule has 1 N–H and O–H groups in total. The molecule has 2 aromatic rings. The number of carbonyl (C=O) groups is 1. The van der Waals surface area contributed by atoms with Crippen molar-refractivity contribution in [2.45, 2.75) is 23.4 Å². The number of hydrogen-bond acceptors (Lipinski definition) is 3. The Morgan fingerprint density at radius 3 is 1.96 bits per heavy atom. The maximum atomic E-state index is 12.5. The minimum atomic E-state index is -4.75. The van der Waals surface area contributed by atoms with Crippen LogP contribution in [0.4, 0.5) is 22.0 Å². The highest BCUT2D eigenvalue weighted by atomic mass is 32.2. The molecule has 140 valence electrons. The van der Waals surface area contributed by atoms with Crippen LogP contribution in [0.3, 0.4) is 0 Å². The van der Waals surface area contributed by atoms with Gasteiger partial charge in [0.25, 0.3) is 5.91 Å². The number of alkyl halides is 5. The molecule has 0 heterocycles. The molecule has 0 spiro atoms. The van der Waals surface area contributed by atoms with Gasteiger partial charge in [0.05, 0.1) is 10.5 Å². The number of nitrogens with one attached hydrogen (secondary N) is 1. The number of carbonyl (C=O) groups excluding carboxylic acids is 1. The maximum Gasteiger partial charge on any atom is 0.416 e. The number of benzene rings is 2. The summed E-state index contributed by atoms with van der Waals surface area (Å²) in [5, 5.41) is 2.44. The van der Waals surface area contributed by atoms with Gasteiger partial charge in [0.1, 0.15) is 0 Å². The quantitative estimate of drug-likeness (QED) is 0.789. The van der Waals surface area contributed by atoms with E-state index < -0.39 is 38.1 Å². The van der Waals surface area contributed by atoms with Gasteiger partial charge in [-0.15, -0.1) is 0 Å². The zero-order chi connectivity index (χ0) is 19.5. The summed E-state index contributed by atoms with van der Waals surface area (Å²) in [6, 6.07) is 8.08. The summed E-state index contributed by atoms with van der Waals surface area (Å²) in [7, 11) is -4.75. The Bertz CT molecular complexity index is 876. The SMILES string of the molecule is O=C(NCc1ccc(C(F)(F)F)cc1)c1ccc(S(=O)(=O)C(F)F)cc1. The molecular formula is C16H12F5NO3S. The van der Waals surface area contributed by atoms with E-state index >= 15 is 0 Å². The van der Waals surface area contributed by atoms with Gasteiger partial charge in [0, 0.05) is 12.1 Å². The van der Waals surface area contributed by atoms with Crippen LogP contribution in [0.25, 0.3) is 0 Å². The first-order valence-corrected chi connectivity index (χ1v) is 8.63. The lowest BCUT2D eigenvalue weighted by atomic mass is 10.1. The van der Waals surface area contributed by atoms with E-state index in [1.807, 2.05) is 0 Å². The summed E-state index contributed by atoms with van der Waals surface area (Å²) in [5.74, 6) is -4.20. The summed E-state index contributed by atoms with van der Waals surface area (Å²) in [4.78, 5) is 11.3. The molecule has 0 aliphatic rings. The molecule has 0 aliphatic heterocycles. The van der Waals surface area contributed by atoms with Crippen molar-refractivity contribution in [1.82, 2.24) is 5.32 Å². The molecule has 0 fully saturated rings. The molecule has 0 aromatic heterocycles. The molecule has 26 heavy (non-hydrogen) atoms. The lowest BCUT2D eigenvalue weighted by Crippen LogP contribution is -2.23. The van der Waals surface area contributed by atoms with Crippen LogP contribution >= 0.6 is 0 Å². The van der Waals surface area contributed by atoms with Gasteiger partial charge >= 0.3 is 11.9 Å². The number of amides is 1. The Kier molecular flexibility index (Phi) is 5.65. The van der Waals surface area contributed by atoms with E-state index in [2.05, 4.69) is 5.32 Å². The Hall–Kier alpha value is -2.49. The second-order valence-corrected chi connectivity index (χ2v) is 7.13. The normalized spacial score (nSPS) is 12.2. The number of halogens is 5. The molecule has 10 heteroatoms. The second kappa shape index (κ2) is 7.40. The van der Waals surface area contributed by atoms with Crippen molar-refractivity contribution in [2.24, 2.45) is 0 Å². The average Bonchev–Trinajstić information content (AvgIpc) is 2.59. The van der Waals surface area contributed by atoms with E-state index in [0.29, 0.717) is 5.56 Å². The molecule has 0 aliphatic carbocycles. The second-order valence-electron chi connectivity index (χ2n) is 5.21. The van der Waals surface area contributed by atoms with Gasteiger partial charge in [0.2, 0.25) is 9.84 Å². The van der Waals surface area contributed by atoms with Crippen molar-refractivity contribution in [3.8, 4) is 0 Å². The highest BCUT2D eigenvalue weighted by molar-refractivity contribution is 7.91. The predicted molar refractivity (Wildman–Crippen MR) is 82.2 cm³/mol. The van der Waals surface area contributed by atoms with E-state index in [-0.39, 0.29) is 12.1 Å². The largest absolute Gasteiger partial charge is 0.416 e. The third-order valence-corrected chi connectivity index (χ3v) is 4.81. The zero-order valence-electron chi connectivity index (χ0n) is 12.9. The highest BCUT2D eigenvalue weighted by Crippen LogP contribution is 2.29. The van der Waals surface area contributed by atoms with Crippen LogP contribution in [0.1, 0.15) is 21.5 Å². The summed E-state index contributed by atoms with van der Waals surface area (Å²) in [5.41, 5.74) is -0.378. The molecule has 1 amide bonds. The van der Waals surface area contributed by atoms with Crippen LogP contribution < -0.4 is 5.32 Å². The molecule has 0 bridgehead atoms. The first-order chi connectivity index (χ1) is 12.0. The van der Waals surface area contributed by atoms with Crippen molar-refractivity contribution < 1.29 is 35.2 Å². The van der Waals surface area contributed by atoms with E-state index in [1.165, 1.54) is 12.1 Å². The molecular weight excluding hydrogens is 381 g/mol. The fourth-order valence-corrected chi connectivity index (χ4v) is 2.72. The number of rotatable bonds is 5. The van der Waals surface area contributed by atoms with E-state index in [1.54, 1.807) is 0 Å². The van der Waals surface area contributed by atoms with Crippen molar-refractivity contribution in [3.63, 3.8) is 0 Å². The molecule has 0 atom stereocenters. The van der Waals surface area contributed by atoms with Gasteiger partial charge in [-0.1, -0.05) is 12.1 Å². The van der Waals surface area contributed by atoms with E-state index in [4.69, 9.17) is 0 Å². The van der Waals surface area contributed by atoms with Gasteiger partial charge in [-0.25, -0.2) is 8.42 Å². The first kappa shape index (κ1) is 19.8. The Morgan fingerprint density at radius 2 is 1.50 bits per heavy atom. The minimum Gasteiger partial charge on any atom is -0.348 e. The van der Waals surface area contributed by atoms with Crippen LogP contribution in [-0.4, -0.2) is 20.1 Å². The number of sulfone groups is 1. The Morgan fingerprint density at radius 1 is 0.962 bits per heavy atom. The smallest absolute Gasteiger partial charge is 0.348 e. The van der Waals surface area contributed by atoms with Gasteiger partial charge in [-0.2, -0.15) is 22.0 Å². The third-order valence-electron chi connectivity index (χ3n) is 3.41. The van der Waals surface area contributed by atoms with Crippen LogP contribution in [0.2, 0.25) is 0 Å². The Labute approximate surface area is 145 Å². The van der Waals surface area contributed by atoms with Crippen LogP contribution in [0, 0.1) is 0 Å². The Balaban J connectivity index is 2.02. The molecule has 0 saturated carbocycles.